The molecule has 0 bridgehead atoms. The van der Waals surface area contributed by atoms with Crippen molar-refractivity contribution in [2.75, 3.05) is 0 Å². The molecule has 0 rings (SSSR count). The van der Waals surface area contributed by atoms with Crippen LogP contribution in [-0.4, -0.2) is 24.1 Å². The highest BCUT2D eigenvalue weighted by Crippen LogP contribution is 1.96. The van der Waals surface area contributed by atoms with Crippen molar-refractivity contribution >= 4 is 12.1 Å². The van der Waals surface area contributed by atoms with Crippen LogP contribution in [0.3, 0.4) is 0 Å². The van der Waals surface area contributed by atoms with E-state index in [9.17, 15) is 9.59 Å². The minimum atomic E-state index is -0.571. The predicted molar refractivity (Wildman–Crippen MR) is 49.0 cm³/mol. The van der Waals surface area contributed by atoms with Crippen molar-refractivity contribution in [2.45, 2.75) is 32.4 Å². The first-order chi connectivity index (χ1) is 5.91. The van der Waals surface area contributed by atoms with Gasteiger partial charge in [-0.15, -0.1) is 0 Å². The maximum absolute atomic E-state index is 10.4. The number of urea groups is 2. The normalized spacial score (nSPS) is 14.3. The molecule has 76 valence electrons. The molecular weight excluding hydrogens is 172 g/mol. The van der Waals surface area contributed by atoms with Gasteiger partial charge in [-0.05, 0) is 20.3 Å². The summed E-state index contributed by atoms with van der Waals surface area (Å²) in [4.78, 5) is 20.8. The molecule has 0 radical (unpaired) electrons. The lowest BCUT2D eigenvalue weighted by Gasteiger charge is -2.17. The number of carbonyl (C=O) groups excluding carboxylic acids is 2. The van der Waals surface area contributed by atoms with E-state index in [2.05, 4.69) is 10.6 Å². The van der Waals surface area contributed by atoms with Crippen LogP contribution < -0.4 is 22.1 Å². The van der Waals surface area contributed by atoms with Gasteiger partial charge in [0.15, 0.2) is 0 Å². The number of nitrogens with one attached hydrogen (secondary N) is 2. The van der Waals surface area contributed by atoms with Crippen LogP contribution >= 0.6 is 0 Å². The van der Waals surface area contributed by atoms with Crippen molar-refractivity contribution in [2.24, 2.45) is 11.5 Å². The van der Waals surface area contributed by atoms with Crippen LogP contribution in [0.1, 0.15) is 20.3 Å². The number of hydrogen-bond acceptors (Lipinski definition) is 2. The number of nitrogens with two attached hydrogens (primary N) is 2. The predicted octanol–water partition coefficient (Wildman–Crippen LogP) is -0.510. The smallest absolute Gasteiger partial charge is 0.312 e. The van der Waals surface area contributed by atoms with E-state index in [0.29, 0.717) is 6.42 Å². The Bertz CT molecular complexity index is 175. The number of rotatable bonds is 4. The summed E-state index contributed by atoms with van der Waals surface area (Å²) < 4.78 is 0. The van der Waals surface area contributed by atoms with Gasteiger partial charge in [0.2, 0.25) is 0 Å². The summed E-state index contributed by atoms with van der Waals surface area (Å²) in [6.07, 6.45) is 0.589. The van der Waals surface area contributed by atoms with Gasteiger partial charge in [-0.2, -0.15) is 0 Å². The van der Waals surface area contributed by atoms with Gasteiger partial charge < -0.3 is 22.1 Å². The molecule has 0 saturated heterocycles. The standard InChI is InChI=1S/C7H16N4O2/c1-4(10-6(8)12)3-5(2)11-7(9)13/h4-5H,3H2,1-2H3,(H3,8,10,12)(H3,9,11,13). The Morgan fingerprint density at radius 1 is 1.08 bits per heavy atom. The number of primary amides is 2. The monoisotopic (exact) mass is 188 g/mol. The zero-order valence-electron chi connectivity index (χ0n) is 7.83. The molecule has 0 spiro atoms. The lowest BCUT2D eigenvalue weighted by molar-refractivity contribution is 0.241. The average Bonchev–Trinajstić information content (AvgIpc) is 1.80. The summed E-state index contributed by atoms with van der Waals surface area (Å²) in [5.41, 5.74) is 9.82. The number of carbonyl (C=O) groups is 2. The van der Waals surface area contributed by atoms with E-state index in [0.717, 1.165) is 0 Å². The van der Waals surface area contributed by atoms with Crippen LogP contribution in [0.4, 0.5) is 9.59 Å². The third kappa shape index (κ3) is 6.92. The zero-order chi connectivity index (χ0) is 10.4. The minimum absolute atomic E-state index is 0.0839. The average molecular weight is 188 g/mol. The number of amides is 4. The molecule has 13 heavy (non-hydrogen) atoms. The molecule has 2 unspecified atom stereocenters. The summed E-state index contributed by atoms with van der Waals surface area (Å²) in [6, 6.07) is -1.31. The lowest BCUT2D eigenvalue weighted by atomic mass is 10.1. The maximum Gasteiger partial charge on any atom is 0.312 e. The molecule has 0 aliphatic carbocycles. The van der Waals surface area contributed by atoms with E-state index in [-0.39, 0.29) is 12.1 Å². The van der Waals surface area contributed by atoms with Gasteiger partial charge in [0.25, 0.3) is 0 Å². The van der Waals surface area contributed by atoms with Gasteiger partial charge >= 0.3 is 12.1 Å². The molecule has 0 aromatic heterocycles. The molecule has 0 fully saturated rings. The van der Waals surface area contributed by atoms with Crippen molar-refractivity contribution in [1.82, 2.24) is 10.6 Å². The third-order valence-corrected chi connectivity index (χ3v) is 1.48. The molecule has 0 heterocycles. The molecule has 0 aliphatic rings. The minimum Gasteiger partial charge on any atom is -0.352 e. The Balaban J connectivity index is 3.70. The second-order valence-electron chi connectivity index (χ2n) is 3.05. The fraction of sp³-hybridized carbons (Fsp3) is 0.714. The van der Waals surface area contributed by atoms with Gasteiger partial charge in [0, 0.05) is 12.1 Å². The van der Waals surface area contributed by atoms with Crippen LogP contribution in [0.15, 0.2) is 0 Å². The van der Waals surface area contributed by atoms with Gasteiger partial charge in [-0.1, -0.05) is 0 Å². The fourth-order valence-corrected chi connectivity index (χ4v) is 1.13. The summed E-state index contributed by atoms with van der Waals surface area (Å²) >= 11 is 0. The second kappa shape index (κ2) is 5.23. The second-order valence-corrected chi connectivity index (χ2v) is 3.05. The van der Waals surface area contributed by atoms with E-state index in [1.165, 1.54) is 0 Å². The zero-order valence-corrected chi connectivity index (χ0v) is 7.83. The summed E-state index contributed by atoms with van der Waals surface area (Å²) in [5, 5.41) is 4.99. The lowest BCUT2D eigenvalue weighted by Crippen LogP contribution is -2.43. The van der Waals surface area contributed by atoms with Crippen LogP contribution in [0, 0.1) is 0 Å². The van der Waals surface area contributed by atoms with E-state index in [1.807, 2.05) is 0 Å². The largest absolute Gasteiger partial charge is 0.352 e. The summed E-state index contributed by atoms with van der Waals surface area (Å²) in [6.45, 7) is 3.59. The Kier molecular flexibility index (Phi) is 4.64. The molecule has 0 saturated carbocycles. The molecule has 2 atom stereocenters. The van der Waals surface area contributed by atoms with E-state index in [4.69, 9.17) is 11.5 Å². The summed E-state index contributed by atoms with van der Waals surface area (Å²) in [5.74, 6) is 0. The van der Waals surface area contributed by atoms with Crippen molar-refractivity contribution in [3.63, 3.8) is 0 Å². The highest BCUT2D eigenvalue weighted by Gasteiger charge is 2.10. The SMILES string of the molecule is CC(CC(C)NC(N)=O)NC(N)=O. The molecule has 6 N–H and O–H groups in total. The molecule has 6 heteroatoms. The Hall–Kier alpha value is -1.46. The van der Waals surface area contributed by atoms with Gasteiger partial charge in [-0.25, -0.2) is 9.59 Å². The first kappa shape index (κ1) is 11.5. The van der Waals surface area contributed by atoms with Crippen molar-refractivity contribution < 1.29 is 9.59 Å². The van der Waals surface area contributed by atoms with Crippen LogP contribution in [0.5, 0.6) is 0 Å². The highest BCUT2D eigenvalue weighted by molar-refractivity contribution is 5.72. The van der Waals surface area contributed by atoms with Crippen molar-refractivity contribution in [3.05, 3.63) is 0 Å². The first-order valence-electron chi connectivity index (χ1n) is 4.03. The molecule has 0 aromatic rings. The van der Waals surface area contributed by atoms with Gasteiger partial charge in [0.05, 0.1) is 0 Å². The van der Waals surface area contributed by atoms with E-state index < -0.39 is 12.1 Å². The van der Waals surface area contributed by atoms with E-state index in [1.54, 1.807) is 13.8 Å². The Labute approximate surface area is 77.0 Å². The molecular formula is C7H16N4O2. The van der Waals surface area contributed by atoms with Crippen molar-refractivity contribution in [1.29, 1.82) is 0 Å². The van der Waals surface area contributed by atoms with Crippen LogP contribution in [0.2, 0.25) is 0 Å². The molecule has 6 nitrogen and oxygen atoms in total. The molecule has 4 amide bonds. The first-order valence-corrected chi connectivity index (χ1v) is 4.03. The topological polar surface area (TPSA) is 110 Å². The number of hydrogen-bond donors (Lipinski definition) is 4. The van der Waals surface area contributed by atoms with Gasteiger partial charge in [-0.3, -0.25) is 0 Å². The highest BCUT2D eigenvalue weighted by atomic mass is 16.2. The van der Waals surface area contributed by atoms with E-state index >= 15 is 0 Å². The van der Waals surface area contributed by atoms with Crippen LogP contribution in [-0.2, 0) is 0 Å². The van der Waals surface area contributed by atoms with Gasteiger partial charge in [0.1, 0.15) is 0 Å². The summed E-state index contributed by atoms with van der Waals surface area (Å²) in [7, 11) is 0. The fourth-order valence-electron chi connectivity index (χ4n) is 1.13. The Morgan fingerprint density at radius 3 is 1.62 bits per heavy atom. The molecule has 0 aromatic carbocycles. The quantitative estimate of drug-likeness (QED) is 0.476. The van der Waals surface area contributed by atoms with Crippen LogP contribution in [0.25, 0.3) is 0 Å². The molecule has 0 aliphatic heterocycles. The third-order valence-electron chi connectivity index (χ3n) is 1.48. The van der Waals surface area contributed by atoms with Crippen molar-refractivity contribution in [3.8, 4) is 0 Å². The Morgan fingerprint density at radius 2 is 1.38 bits per heavy atom. The maximum atomic E-state index is 10.4.